The van der Waals surface area contributed by atoms with Crippen molar-refractivity contribution in [1.29, 1.82) is 0 Å². The molecule has 4 nitrogen and oxygen atoms in total. The standard InChI is InChI=1S/C12H22N2O2S/c13-9-12(2-4-16-5-3-12)11(15)14-7-10-1-6-17-8-10/h10H,1-9,13H2,(H,14,15). The second-order valence-corrected chi connectivity index (χ2v) is 6.19. The van der Waals surface area contributed by atoms with Crippen molar-refractivity contribution in [2.75, 3.05) is 37.8 Å². The lowest BCUT2D eigenvalue weighted by atomic mass is 9.79. The molecule has 1 unspecified atom stereocenters. The number of ether oxygens (including phenoxy) is 1. The zero-order valence-electron chi connectivity index (χ0n) is 10.2. The molecule has 0 spiro atoms. The van der Waals surface area contributed by atoms with E-state index < -0.39 is 0 Å². The van der Waals surface area contributed by atoms with E-state index in [1.165, 1.54) is 17.9 Å². The molecule has 2 aliphatic rings. The SMILES string of the molecule is NCC1(C(=O)NCC2CCSC2)CCOCC1. The van der Waals surface area contributed by atoms with E-state index in [-0.39, 0.29) is 11.3 Å². The van der Waals surface area contributed by atoms with Gasteiger partial charge in [0.15, 0.2) is 0 Å². The topological polar surface area (TPSA) is 64.4 Å². The molecule has 2 rings (SSSR count). The Balaban J connectivity index is 1.83. The van der Waals surface area contributed by atoms with Crippen molar-refractivity contribution >= 4 is 17.7 Å². The molecule has 0 aliphatic carbocycles. The fraction of sp³-hybridized carbons (Fsp3) is 0.917. The average Bonchev–Trinajstić information content (AvgIpc) is 2.90. The fourth-order valence-electron chi connectivity index (χ4n) is 2.45. The Kier molecular flexibility index (Phi) is 4.70. The highest BCUT2D eigenvalue weighted by atomic mass is 32.2. The number of thioether (sulfide) groups is 1. The van der Waals surface area contributed by atoms with Crippen LogP contribution in [-0.2, 0) is 9.53 Å². The van der Waals surface area contributed by atoms with E-state index in [1.54, 1.807) is 0 Å². The van der Waals surface area contributed by atoms with Crippen molar-refractivity contribution < 1.29 is 9.53 Å². The highest BCUT2D eigenvalue weighted by Crippen LogP contribution is 2.30. The summed E-state index contributed by atoms with van der Waals surface area (Å²) in [5.74, 6) is 3.20. The van der Waals surface area contributed by atoms with Gasteiger partial charge in [-0.15, -0.1) is 0 Å². The van der Waals surface area contributed by atoms with Crippen LogP contribution in [0.4, 0.5) is 0 Å². The van der Waals surface area contributed by atoms with Gasteiger partial charge >= 0.3 is 0 Å². The Morgan fingerprint density at radius 1 is 1.47 bits per heavy atom. The first-order valence-electron chi connectivity index (χ1n) is 6.41. The minimum absolute atomic E-state index is 0.139. The maximum atomic E-state index is 12.3. The first-order chi connectivity index (χ1) is 8.27. The van der Waals surface area contributed by atoms with E-state index in [1.807, 2.05) is 11.8 Å². The first kappa shape index (κ1) is 13.2. The van der Waals surface area contributed by atoms with E-state index >= 15 is 0 Å². The lowest BCUT2D eigenvalue weighted by molar-refractivity contribution is -0.136. The number of nitrogens with two attached hydrogens (primary N) is 1. The molecule has 0 bridgehead atoms. The molecule has 0 saturated carbocycles. The molecule has 2 heterocycles. The quantitative estimate of drug-likeness (QED) is 0.775. The van der Waals surface area contributed by atoms with Gasteiger partial charge in [0.25, 0.3) is 0 Å². The van der Waals surface area contributed by atoms with Crippen molar-refractivity contribution in [1.82, 2.24) is 5.32 Å². The van der Waals surface area contributed by atoms with Gasteiger partial charge in [-0.2, -0.15) is 11.8 Å². The third-order valence-electron chi connectivity index (χ3n) is 3.90. The van der Waals surface area contributed by atoms with Crippen molar-refractivity contribution in [3.05, 3.63) is 0 Å². The van der Waals surface area contributed by atoms with Crippen LogP contribution in [0.5, 0.6) is 0 Å². The Labute approximate surface area is 107 Å². The summed E-state index contributed by atoms with van der Waals surface area (Å²) in [6.07, 6.45) is 2.74. The van der Waals surface area contributed by atoms with Gasteiger partial charge in [-0.1, -0.05) is 0 Å². The van der Waals surface area contributed by atoms with Crippen LogP contribution in [0.3, 0.4) is 0 Å². The summed E-state index contributed by atoms with van der Waals surface area (Å²) in [5, 5.41) is 3.10. The molecule has 1 atom stereocenters. The van der Waals surface area contributed by atoms with E-state index in [9.17, 15) is 4.79 Å². The highest BCUT2D eigenvalue weighted by molar-refractivity contribution is 7.99. The highest BCUT2D eigenvalue weighted by Gasteiger charge is 2.38. The second kappa shape index (κ2) is 6.07. The number of amides is 1. The number of carbonyl (C=O) groups excluding carboxylic acids is 1. The Morgan fingerprint density at radius 3 is 2.82 bits per heavy atom. The van der Waals surface area contributed by atoms with Crippen LogP contribution >= 0.6 is 11.8 Å². The van der Waals surface area contributed by atoms with Gasteiger partial charge < -0.3 is 15.8 Å². The molecule has 0 aromatic carbocycles. The molecular formula is C12H22N2O2S. The minimum Gasteiger partial charge on any atom is -0.381 e. The van der Waals surface area contributed by atoms with E-state index in [0.717, 1.165) is 19.4 Å². The van der Waals surface area contributed by atoms with Gasteiger partial charge in [-0.05, 0) is 36.7 Å². The largest absolute Gasteiger partial charge is 0.381 e. The molecule has 1 amide bonds. The van der Waals surface area contributed by atoms with Crippen LogP contribution in [0.25, 0.3) is 0 Å². The summed E-state index contributed by atoms with van der Waals surface area (Å²) in [6.45, 7) is 2.56. The summed E-state index contributed by atoms with van der Waals surface area (Å²) in [4.78, 5) is 12.3. The molecule has 17 heavy (non-hydrogen) atoms. The minimum atomic E-state index is -0.371. The Morgan fingerprint density at radius 2 is 2.24 bits per heavy atom. The lowest BCUT2D eigenvalue weighted by Gasteiger charge is -2.34. The van der Waals surface area contributed by atoms with Gasteiger partial charge in [0, 0.05) is 26.3 Å². The predicted octanol–water partition coefficient (Wildman–Crippen LogP) is 0.611. The zero-order chi connectivity index (χ0) is 12.1. The Hall–Kier alpha value is -0.260. The summed E-state index contributed by atoms with van der Waals surface area (Å²) in [7, 11) is 0. The van der Waals surface area contributed by atoms with Crippen molar-refractivity contribution in [2.45, 2.75) is 19.3 Å². The van der Waals surface area contributed by atoms with Crippen molar-refractivity contribution in [2.24, 2.45) is 17.1 Å². The van der Waals surface area contributed by atoms with E-state index in [2.05, 4.69) is 5.32 Å². The Bertz CT molecular complexity index is 261. The lowest BCUT2D eigenvalue weighted by Crippen LogP contribution is -2.50. The van der Waals surface area contributed by atoms with Gasteiger partial charge in [0.1, 0.15) is 0 Å². The molecule has 0 radical (unpaired) electrons. The number of carbonyl (C=O) groups is 1. The molecular weight excluding hydrogens is 236 g/mol. The van der Waals surface area contributed by atoms with E-state index in [0.29, 0.717) is 25.7 Å². The van der Waals surface area contributed by atoms with Gasteiger partial charge in [-0.25, -0.2) is 0 Å². The second-order valence-electron chi connectivity index (χ2n) is 5.04. The maximum absolute atomic E-state index is 12.3. The molecule has 2 fully saturated rings. The molecule has 2 aliphatic heterocycles. The molecule has 3 N–H and O–H groups in total. The van der Waals surface area contributed by atoms with Gasteiger partial charge in [0.2, 0.25) is 5.91 Å². The average molecular weight is 258 g/mol. The smallest absolute Gasteiger partial charge is 0.227 e. The summed E-state index contributed by atoms with van der Waals surface area (Å²) >= 11 is 1.98. The molecule has 2 saturated heterocycles. The van der Waals surface area contributed by atoms with Crippen LogP contribution in [0.15, 0.2) is 0 Å². The van der Waals surface area contributed by atoms with Crippen LogP contribution in [0, 0.1) is 11.3 Å². The van der Waals surface area contributed by atoms with Crippen LogP contribution in [-0.4, -0.2) is 43.7 Å². The van der Waals surface area contributed by atoms with Crippen LogP contribution < -0.4 is 11.1 Å². The zero-order valence-corrected chi connectivity index (χ0v) is 11.1. The molecule has 98 valence electrons. The maximum Gasteiger partial charge on any atom is 0.227 e. The molecule has 0 aromatic heterocycles. The monoisotopic (exact) mass is 258 g/mol. The molecule has 0 aromatic rings. The fourth-order valence-corrected chi connectivity index (χ4v) is 3.74. The first-order valence-corrected chi connectivity index (χ1v) is 7.56. The normalized spacial score (nSPS) is 27.9. The van der Waals surface area contributed by atoms with Crippen molar-refractivity contribution in [3.63, 3.8) is 0 Å². The number of rotatable bonds is 4. The number of nitrogens with one attached hydrogen (secondary N) is 1. The van der Waals surface area contributed by atoms with Crippen LogP contribution in [0.2, 0.25) is 0 Å². The number of hydrogen-bond acceptors (Lipinski definition) is 4. The third kappa shape index (κ3) is 3.14. The van der Waals surface area contributed by atoms with Gasteiger partial charge in [0.05, 0.1) is 5.41 Å². The van der Waals surface area contributed by atoms with Gasteiger partial charge in [-0.3, -0.25) is 4.79 Å². The summed E-state index contributed by atoms with van der Waals surface area (Å²) in [6, 6.07) is 0. The van der Waals surface area contributed by atoms with Crippen LogP contribution in [0.1, 0.15) is 19.3 Å². The predicted molar refractivity (Wildman–Crippen MR) is 70.0 cm³/mol. The summed E-state index contributed by atoms with van der Waals surface area (Å²) < 4.78 is 5.32. The van der Waals surface area contributed by atoms with E-state index in [4.69, 9.17) is 10.5 Å². The molecule has 5 heteroatoms. The number of hydrogen-bond donors (Lipinski definition) is 2. The summed E-state index contributed by atoms with van der Waals surface area (Å²) in [5.41, 5.74) is 5.43. The van der Waals surface area contributed by atoms with Crippen molar-refractivity contribution in [3.8, 4) is 0 Å². The third-order valence-corrected chi connectivity index (χ3v) is 5.13.